The van der Waals surface area contributed by atoms with Crippen LogP contribution in [0.3, 0.4) is 0 Å². The number of hydrogen-bond donors (Lipinski definition) is 3. The average molecular weight is 332 g/mol. The van der Waals surface area contributed by atoms with E-state index in [-0.39, 0.29) is 31.3 Å². The summed E-state index contributed by atoms with van der Waals surface area (Å²) in [5.41, 5.74) is -1.28. The summed E-state index contributed by atoms with van der Waals surface area (Å²) in [6, 6.07) is 6.75. The van der Waals surface area contributed by atoms with E-state index in [4.69, 9.17) is 8.83 Å². The molecule has 2 rings (SSSR count). The van der Waals surface area contributed by atoms with Gasteiger partial charge in [0, 0.05) is 19.0 Å². The van der Waals surface area contributed by atoms with E-state index in [0.29, 0.717) is 11.5 Å². The molecule has 0 saturated carbocycles. The number of carbonyl (C=O) groups excluding carboxylic acids is 2. The molecule has 24 heavy (non-hydrogen) atoms. The lowest BCUT2D eigenvalue weighted by Gasteiger charge is -2.21. The third kappa shape index (κ3) is 5.44. The number of carbonyl (C=O) groups is 2. The Morgan fingerprint density at radius 1 is 1.21 bits per heavy atom. The van der Waals surface area contributed by atoms with Crippen LogP contribution in [0, 0.1) is 0 Å². The molecule has 2 aromatic heterocycles. The van der Waals surface area contributed by atoms with Gasteiger partial charge in [-0.05, 0) is 37.3 Å². The quantitative estimate of drug-likeness (QED) is 0.634. The zero-order valence-electron chi connectivity index (χ0n) is 13.3. The van der Waals surface area contributed by atoms with Gasteiger partial charge in [-0.25, -0.2) is 0 Å². The molecule has 128 valence electrons. The first-order valence-electron chi connectivity index (χ1n) is 7.50. The first-order chi connectivity index (χ1) is 11.5. The minimum Gasteiger partial charge on any atom is -0.466 e. The molecule has 3 N–H and O–H groups in total. The van der Waals surface area contributed by atoms with Gasteiger partial charge in [0.25, 0.3) is 0 Å². The van der Waals surface area contributed by atoms with Crippen LogP contribution in [0.15, 0.2) is 51.7 Å². The molecule has 7 heteroatoms. The number of rotatable bonds is 8. The molecule has 2 heterocycles. The number of hydrogen-bond acceptors (Lipinski definition) is 5. The highest BCUT2D eigenvalue weighted by Gasteiger charge is 2.26. The number of aliphatic hydroxyl groups is 1. The minimum atomic E-state index is -1.28. The van der Waals surface area contributed by atoms with Crippen LogP contribution in [0.4, 0.5) is 0 Å². The summed E-state index contributed by atoms with van der Waals surface area (Å²) in [4.78, 5) is 23.3. The summed E-state index contributed by atoms with van der Waals surface area (Å²) in [6.07, 6.45) is 5.94. The van der Waals surface area contributed by atoms with Crippen molar-refractivity contribution in [2.45, 2.75) is 18.9 Å². The molecular weight excluding hydrogens is 312 g/mol. The Hall–Kier alpha value is -2.80. The Kier molecular flexibility index (Phi) is 5.97. The van der Waals surface area contributed by atoms with Crippen LogP contribution in [0.1, 0.15) is 24.9 Å². The molecule has 0 aliphatic carbocycles. The molecule has 0 aliphatic heterocycles. The Bertz CT molecular complexity index is 672. The maximum Gasteiger partial charge on any atom is 0.244 e. The molecule has 0 radical (unpaired) electrons. The van der Waals surface area contributed by atoms with E-state index in [9.17, 15) is 14.7 Å². The lowest BCUT2D eigenvalue weighted by atomic mass is 10.0. The molecule has 0 bridgehead atoms. The molecule has 0 saturated heterocycles. The summed E-state index contributed by atoms with van der Waals surface area (Å²) in [5.74, 6) is 0.348. The van der Waals surface area contributed by atoms with Gasteiger partial charge in [-0.15, -0.1) is 0 Å². The van der Waals surface area contributed by atoms with Crippen LogP contribution in [-0.4, -0.2) is 30.0 Å². The SMILES string of the molecule is CC(O)(CNC(=O)CCNC(=O)C=Cc1ccco1)c1ccco1. The van der Waals surface area contributed by atoms with E-state index in [1.807, 2.05) is 0 Å². The molecular formula is C17H20N2O5. The minimum absolute atomic E-state index is 0.0195. The average Bonchev–Trinajstić information content (AvgIpc) is 3.24. The standard InChI is InChI=1S/C17H20N2O5/c1-17(22,14-5-3-11-24-14)12-19-16(21)8-9-18-15(20)7-6-13-4-2-10-23-13/h2-7,10-11,22H,8-9,12H2,1H3,(H,18,20)(H,19,21). The fraction of sp³-hybridized carbons (Fsp3) is 0.294. The van der Waals surface area contributed by atoms with Crippen LogP contribution in [0.25, 0.3) is 6.08 Å². The van der Waals surface area contributed by atoms with E-state index >= 15 is 0 Å². The lowest BCUT2D eigenvalue weighted by molar-refractivity contribution is -0.122. The van der Waals surface area contributed by atoms with E-state index in [2.05, 4.69) is 10.6 Å². The first-order valence-corrected chi connectivity index (χ1v) is 7.50. The molecule has 2 aromatic rings. The Labute approximate surface area is 139 Å². The van der Waals surface area contributed by atoms with Crippen molar-refractivity contribution in [1.29, 1.82) is 0 Å². The van der Waals surface area contributed by atoms with Crippen LogP contribution in [0.5, 0.6) is 0 Å². The second-order valence-electron chi connectivity index (χ2n) is 5.42. The van der Waals surface area contributed by atoms with Gasteiger partial charge >= 0.3 is 0 Å². The Balaban J connectivity index is 1.65. The van der Waals surface area contributed by atoms with Gasteiger partial charge in [-0.3, -0.25) is 9.59 Å². The largest absolute Gasteiger partial charge is 0.466 e. The Morgan fingerprint density at radius 2 is 1.96 bits per heavy atom. The van der Waals surface area contributed by atoms with E-state index in [0.717, 1.165) is 0 Å². The monoisotopic (exact) mass is 332 g/mol. The smallest absolute Gasteiger partial charge is 0.244 e. The number of nitrogens with one attached hydrogen (secondary N) is 2. The summed E-state index contributed by atoms with van der Waals surface area (Å²) >= 11 is 0. The van der Waals surface area contributed by atoms with Gasteiger partial charge < -0.3 is 24.6 Å². The third-order valence-corrected chi connectivity index (χ3v) is 3.28. The summed E-state index contributed by atoms with van der Waals surface area (Å²) in [7, 11) is 0. The maximum absolute atomic E-state index is 11.7. The topological polar surface area (TPSA) is 105 Å². The highest BCUT2D eigenvalue weighted by Crippen LogP contribution is 2.19. The highest BCUT2D eigenvalue weighted by molar-refractivity contribution is 5.91. The molecule has 1 atom stereocenters. The zero-order chi connectivity index (χ0) is 17.4. The van der Waals surface area contributed by atoms with Gasteiger partial charge in [-0.1, -0.05) is 0 Å². The molecule has 7 nitrogen and oxygen atoms in total. The van der Waals surface area contributed by atoms with Gasteiger partial charge in [0.05, 0.1) is 19.1 Å². The van der Waals surface area contributed by atoms with Crippen molar-refractivity contribution in [2.24, 2.45) is 0 Å². The molecule has 0 aliphatic rings. The normalized spacial score (nSPS) is 13.6. The molecule has 1 unspecified atom stereocenters. The molecule has 0 fully saturated rings. The van der Waals surface area contributed by atoms with Crippen LogP contribution < -0.4 is 10.6 Å². The van der Waals surface area contributed by atoms with Crippen molar-refractivity contribution < 1.29 is 23.5 Å². The predicted octanol–water partition coefficient (Wildman–Crippen LogP) is 1.42. The number of amides is 2. The molecule has 0 spiro atoms. The van der Waals surface area contributed by atoms with Gasteiger partial charge in [-0.2, -0.15) is 0 Å². The van der Waals surface area contributed by atoms with E-state index in [1.54, 1.807) is 31.2 Å². The predicted molar refractivity (Wildman–Crippen MR) is 86.7 cm³/mol. The molecule has 2 amide bonds. The van der Waals surface area contributed by atoms with Crippen molar-refractivity contribution in [3.8, 4) is 0 Å². The Morgan fingerprint density at radius 3 is 2.62 bits per heavy atom. The fourth-order valence-electron chi connectivity index (χ4n) is 1.93. The van der Waals surface area contributed by atoms with Crippen LogP contribution >= 0.6 is 0 Å². The van der Waals surface area contributed by atoms with Crippen LogP contribution in [0.2, 0.25) is 0 Å². The van der Waals surface area contributed by atoms with Gasteiger partial charge in [0.15, 0.2) is 0 Å². The second kappa shape index (κ2) is 8.16. The summed E-state index contributed by atoms with van der Waals surface area (Å²) in [6.45, 7) is 1.76. The summed E-state index contributed by atoms with van der Waals surface area (Å²) in [5, 5.41) is 15.4. The second-order valence-corrected chi connectivity index (χ2v) is 5.42. The summed E-state index contributed by atoms with van der Waals surface area (Å²) < 4.78 is 10.2. The van der Waals surface area contributed by atoms with Crippen LogP contribution in [-0.2, 0) is 15.2 Å². The van der Waals surface area contributed by atoms with Crippen molar-refractivity contribution in [1.82, 2.24) is 10.6 Å². The fourth-order valence-corrected chi connectivity index (χ4v) is 1.93. The van der Waals surface area contributed by atoms with E-state index in [1.165, 1.54) is 24.7 Å². The number of furan rings is 2. The lowest BCUT2D eigenvalue weighted by Crippen LogP contribution is -2.39. The molecule has 0 aromatic carbocycles. The maximum atomic E-state index is 11.7. The van der Waals surface area contributed by atoms with Crippen molar-refractivity contribution in [3.63, 3.8) is 0 Å². The van der Waals surface area contributed by atoms with Crippen molar-refractivity contribution in [2.75, 3.05) is 13.1 Å². The zero-order valence-corrected chi connectivity index (χ0v) is 13.3. The van der Waals surface area contributed by atoms with E-state index < -0.39 is 5.60 Å². The van der Waals surface area contributed by atoms with Crippen molar-refractivity contribution in [3.05, 3.63) is 54.4 Å². The van der Waals surface area contributed by atoms with Gasteiger partial charge in [0.1, 0.15) is 17.1 Å². The first kappa shape index (κ1) is 17.6. The van der Waals surface area contributed by atoms with Gasteiger partial charge in [0.2, 0.25) is 11.8 Å². The third-order valence-electron chi connectivity index (χ3n) is 3.28. The highest BCUT2D eigenvalue weighted by atomic mass is 16.4. The van der Waals surface area contributed by atoms with Crippen molar-refractivity contribution >= 4 is 17.9 Å².